The maximum atomic E-state index is 15.0. The van der Waals surface area contributed by atoms with Crippen molar-refractivity contribution >= 4 is 11.0 Å². The summed E-state index contributed by atoms with van der Waals surface area (Å²) in [5, 5.41) is 6.97. The first-order chi connectivity index (χ1) is 16.2. The summed E-state index contributed by atoms with van der Waals surface area (Å²) < 4.78 is 15.0. The molecule has 0 amide bonds. The summed E-state index contributed by atoms with van der Waals surface area (Å²) in [6.07, 6.45) is 6.41. The van der Waals surface area contributed by atoms with E-state index >= 15 is 0 Å². The second-order valence-electron chi connectivity index (χ2n) is 9.60. The summed E-state index contributed by atoms with van der Waals surface area (Å²) in [6.45, 7) is 2.05. The second kappa shape index (κ2) is 7.50. The van der Waals surface area contributed by atoms with Gasteiger partial charge in [-0.15, -0.1) is 0 Å². The fourth-order valence-electron chi connectivity index (χ4n) is 5.73. The number of H-pyrrole nitrogens is 2. The molecule has 2 atom stereocenters. The number of fused-ring (bicyclic) bond motifs is 4. The number of benzene rings is 2. The molecule has 4 heterocycles. The van der Waals surface area contributed by atoms with E-state index in [1.807, 2.05) is 6.07 Å². The quantitative estimate of drug-likeness (QED) is 0.371. The van der Waals surface area contributed by atoms with Gasteiger partial charge in [0.25, 0.3) is 0 Å². The number of aromatic amines is 2. The van der Waals surface area contributed by atoms with E-state index in [-0.39, 0.29) is 11.9 Å². The van der Waals surface area contributed by atoms with Gasteiger partial charge in [-0.25, -0.2) is 14.4 Å². The zero-order chi connectivity index (χ0) is 21.9. The number of aryl methyl sites for hydroxylation is 2. The third kappa shape index (κ3) is 3.21. The lowest BCUT2D eigenvalue weighted by Crippen LogP contribution is -2.14. The van der Waals surface area contributed by atoms with Crippen LogP contribution in [0.1, 0.15) is 60.7 Å². The van der Waals surface area contributed by atoms with Gasteiger partial charge in [0, 0.05) is 11.3 Å². The van der Waals surface area contributed by atoms with E-state index in [0.717, 1.165) is 79.2 Å². The highest BCUT2D eigenvalue weighted by Gasteiger charge is 2.26. The Hall–Kier alpha value is -3.03. The van der Waals surface area contributed by atoms with Gasteiger partial charge in [-0.1, -0.05) is 18.2 Å². The number of aromatic nitrogens is 4. The molecule has 0 radical (unpaired) electrons. The van der Waals surface area contributed by atoms with Crippen LogP contribution >= 0.6 is 0 Å². The maximum Gasteiger partial charge on any atom is 0.151 e. The Morgan fingerprint density at radius 1 is 0.818 bits per heavy atom. The van der Waals surface area contributed by atoms with Crippen LogP contribution in [0.3, 0.4) is 0 Å². The Morgan fingerprint density at radius 3 is 2.36 bits per heavy atom. The molecule has 6 nitrogen and oxygen atoms in total. The first-order valence-electron chi connectivity index (χ1n) is 12.1. The number of hydrogen-bond donors (Lipinski definition) is 4. The van der Waals surface area contributed by atoms with Crippen molar-refractivity contribution in [1.82, 2.24) is 30.6 Å². The third-order valence-electron chi connectivity index (χ3n) is 7.47. The topological polar surface area (TPSA) is 81.4 Å². The van der Waals surface area contributed by atoms with Gasteiger partial charge >= 0.3 is 0 Å². The van der Waals surface area contributed by atoms with E-state index in [4.69, 9.17) is 4.98 Å². The molecule has 2 aromatic heterocycles. The van der Waals surface area contributed by atoms with Gasteiger partial charge < -0.3 is 20.6 Å². The molecule has 2 saturated heterocycles. The number of halogens is 1. The molecule has 33 heavy (non-hydrogen) atoms. The molecule has 0 unspecified atom stereocenters. The first-order valence-corrected chi connectivity index (χ1v) is 12.1. The van der Waals surface area contributed by atoms with E-state index in [9.17, 15) is 4.39 Å². The summed E-state index contributed by atoms with van der Waals surface area (Å²) in [6, 6.07) is 10.6. The smallest absolute Gasteiger partial charge is 0.151 e. The van der Waals surface area contributed by atoms with Gasteiger partial charge in [-0.2, -0.15) is 0 Å². The minimum absolute atomic E-state index is 0.191. The lowest BCUT2D eigenvalue weighted by molar-refractivity contribution is 0.611. The summed E-state index contributed by atoms with van der Waals surface area (Å²) in [7, 11) is 0. The van der Waals surface area contributed by atoms with Crippen molar-refractivity contribution in [1.29, 1.82) is 0 Å². The molecule has 0 bridgehead atoms. The Bertz CT molecular complexity index is 1360. The zero-order valence-corrected chi connectivity index (χ0v) is 18.5. The van der Waals surface area contributed by atoms with Crippen LogP contribution in [0.4, 0.5) is 4.39 Å². The number of hydrogen-bond acceptors (Lipinski definition) is 4. The Kier molecular flexibility index (Phi) is 4.42. The van der Waals surface area contributed by atoms with Crippen LogP contribution in [0.15, 0.2) is 30.3 Å². The number of nitrogens with zero attached hydrogens (tertiary/aromatic N) is 2. The summed E-state index contributed by atoms with van der Waals surface area (Å²) >= 11 is 0. The molecule has 4 aromatic rings. The molecule has 2 fully saturated rings. The lowest BCUT2D eigenvalue weighted by Gasteiger charge is -2.16. The molecular weight excluding hydrogens is 415 g/mol. The van der Waals surface area contributed by atoms with E-state index in [1.165, 1.54) is 23.2 Å². The van der Waals surface area contributed by atoms with Gasteiger partial charge in [0.2, 0.25) is 0 Å². The van der Waals surface area contributed by atoms with Crippen LogP contribution in [-0.2, 0) is 12.8 Å². The fraction of sp³-hybridized carbons (Fsp3) is 0.385. The summed E-state index contributed by atoms with van der Waals surface area (Å²) in [4.78, 5) is 16.5. The molecule has 168 valence electrons. The van der Waals surface area contributed by atoms with Crippen molar-refractivity contribution in [3.8, 4) is 22.4 Å². The van der Waals surface area contributed by atoms with E-state index in [0.29, 0.717) is 11.6 Å². The van der Waals surface area contributed by atoms with E-state index in [2.05, 4.69) is 43.8 Å². The van der Waals surface area contributed by atoms with Gasteiger partial charge in [-0.3, -0.25) is 0 Å². The average molecular weight is 443 g/mol. The number of rotatable bonds is 3. The van der Waals surface area contributed by atoms with Crippen molar-refractivity contribution in [2.45, 2.75) is 50.6 Å². The van der Waals surface area contributed by atoms with E-state index < -0.39 is 0 Å². The molecule has 7 rings (SSSR count). The van der Waals surface area contributed by atoms with E-state index in [1.54, 1.807) is 6.07 Å². The van der Waals surface area contributed by atoms with Crippen LogP contribution in [0, 0.1) is 5.82 Å². The van der Waals surface area contributed by atoms with Crippen LogP contribution in [0.2, 0.25) is 0 Å². The Balaban J connectivity index is 1.24. The average Bonchev–Trinajstić information content (AvgIpc) is 3.63. The molecule has 2 aliphatic heterocycles. The lowest BCUT2D eigenvalue weighted by atomic mass is 9.89. The van der Waals surface area contributed by atoms with Crippen LogP contribution in [0.5, 0.6) is 0 Å². The van der Waals surface area contributed by atoms with Crippen molar-refractivity contribution in [2.75, 3.05) is 13.1 Å². The first kappa shape index (κ1) is 19.4. The van der Waals surface area contributed by atoms with Crippen molar-refractivity contribution in [3.05, 3.63) is 59.1 Å². The fourth-order valence-corrected chi connectivity index (χ4v) is 5.73. The largest absolute Gasteiger partial charge is 0.344 e. The molecule has 4 N–H and O–H groups in total. The summed E-state index contributed by atoms with van der Waals surface area (Å²) in [5.41, 5.74) is 7.87. The zero-order valence-electron chi connectivity index (χ0n) is 18.5. The Morgan fingerprint density at radius 2 is 1.61 bits per heavy atom. The SMILES string of the molecule is Fc1cc(-c2ccc3c(c2)CCc2[nH]c([C@@H]4CCCN4)nc2-3)cc2[nH]c([C@@H]3CCCN3)nc12. The predicted octanol–water partition coefficient (Wildman–Crippen LogP) is 4.71. The van der Waals surface area contributed by atoms with Crippen molar-refractivity contribution < 1.29 is 4.39 Å². The molecule has 1 aliphatic carbocycles. The normalized spacial score (nSPS) is 22.1. The van der Waals surface area contributed by atoms with Crippen LogP contribution < -0.4 is 10.6 Å². The van der Waals surface area contributed by atoms with Crippen LogP contribution in [-0.4, -0.2) is 33.0 Å². The number of imidazole rings is 2. The van der Waals surface area contributed by atoms with Gasteiger partial charge in [-0.05, 0) is 80.4 Å². The van der Waals surface area contributed by atoms with Gasteiger partial charge in [0.05, 0.1) is 23.3 Å². The Labute approximate surface area is 191 Å². The number of nitrogens with one attached hydrogen (secondary N) is 4. The minimum atomic E-state index is -0.274. The standard InChI is InChI=1S/C26H27FN6/c27-18-12-16(13-22-24(18)33-26(31-22)21-4-2-10-29-21)14-5-7-17-15(11-14)6-8-19-23(17)32-25(30-19)20-3-1-9-28-20/h5,7,11-13,20-21,28-29H,1-4,6,8-10H2,(H,30,32)(H,31,33)/t20-,21-/m0/s1. The molecule has 0 saturated carbocycles. The molecule has 7 heteroatoms. The highest BCUT2D eigenvalue weighted by molar-refractivity contribution is 5.84. The highest BCUT2D eigenvalue weighted by Crippen LogP contribution is 2.37. The highest BCUT2D eigenvalue weighted by atomic mass is 19.1. The monoisotopic (exact) mass is 442 g/mol. The second-order valence-corrected chi connectivity index (χ2v) is 9.60. The van der Waals surface area contributed by atoms with Crippen molar-refractivity contribution in [2.24, 2.45) is 0 Å². The maximum absolute atomic E-state index is 15.0. The molecule has 0 spiro atoms. The molecular formula is C26H27FN6. The molecule has 3 aliphatic rings. The van der Waals surface area contributed by atoms with Gasteiger partial charge in [0.1, 0.15) is 17.2 Å². The minimum Gasteiger partial charge on any atom is -0.344 e. The molecule has 2 aromatic carbocycles. The van der Waals surface area contributed by atoms with Crippen molar-refractivity contribution in [3.63, 3.8) is 0 Å². The summed E-state index contributed by atoms with van der Waals surface area (Å²) in [5.74, 6) is 1.63. The van der Waals surface area contributed by atoms with Crippen LogP contribution in [0.25, 0.3) is 33.4 Å². The third-order valence-corrected chi connectivity index (χ3v) is 7.47. The van der Waals surface area contributed by atoms with Gasteiger partial charge in [0.15, 0.2) is 5.82 Å². The predicted molar refractivity (Wildman–Crippen MR) is 126 cm³/mol.